The highest BCUT2D eigenvalue weighted by Gasteiger charge is 2.24. The minimum atomic E-state index is 0.746. The first-order valence-electron chi connectivity index (χ1n) is 7.20. The molecule has 0 radical (unpaired) electrons. The molecule has 1 saturated heterocycles. The molecule has 0 amide bonds. The Kier molecular flexibility index (Phi) is 4.66. The van der Waals surface area contributed by atoms with Crippen molar-refractivity contribution in [3.05, 3.63) is 0 Å². The van der Waals surface area contributed by atoms with Gasteiger partial charge in [0.2, 0.25) is 0 Å². The van der Waals surface area contributed by atoms with Crippen molar-refractivity contribution >= 4 is 0 Å². The maximum Gasteiger partial charge on any atom is 0.00823 e. The second kappa shape index (κ2) is 6.02. The molecule has 1 saturated carbocycles. The van der Waals surface area contributed by atoms with Crippen molar-refractivity contribution in [3.8, 4) is 0 Å². The lowest BCUT2D eigenvalue weighted by molar-refractivity contribution is 0.313. The summed E-state index contributed by atoms with van der Waals surface area (Å²) in [6.07, 6.45) is 9.93. The van der Waals surface area contributed by atoms with Crippen LogP contribution in [0.4, 0.5) is 0 Å². The Labute approximate surface area is 101 Å². The van der Waals surface area contributed by atoms with E-state index in [4.69, 9.17) is 0 Å². The molecule has 2 aliphatic rings. The molecule has 1 heterocycles. The molecule has 2 heteroatoms. The van der Waals surface area contributed by atoms with E-state index in [9.17, 15) is 0 Å². The normalized spacial score (nSPS) is 31.5. The second-order valence-corrected chi connectivity index (χ2v) is 5.93. The van der Waals surface area contributed by atoms with E-state index in [2.05, 4.69) is 24.2 Å². The molecule has 16 heavy (non-hydrogen) atoms. The highest BCUT2D eigenvalue weighted by molar-refractivity contribution is 4.82. The third-order valence-electron chi connectivity index (χ3n) is 4.56. The van der Waals surface area contributed by atoms with Crippen LogP contribution in [-0.4, -0.2) is 37.1 Å². The fraction of sp³-hybridized carbons (Fsp3) is 1.00. The quantitative estimate of drug-likeness (QED) is 0.793. The first-order chi connectivity index (χ1) is 7.75. The Bertz CT molecular complexity index is 199. The van der Waals surface area contributed by atoms with E-state index in [1.165, 1.54) is 58.0 Å². The fourth-order valence-electron chi connectivity index (χ4n) is 3.37. The molecule has 0 spiro atoms. The van der Waals surface area contributed by atoms with E-state index in [0.717, 1.165) is 18.0 Å². The molecular formula is C14H28N2. The minimum absolute atomic E-state index is 0.746. The SMILES string of the molecule is CC(NC1CCCN(C)CC1)C1CCCC1. The average Bonchev–Trinajstić information content (AvgIpc) is 2.72. The van der Waals surface area contributed by atoms with Crippen molar-refractivity contribution in [1.29, 1.82) is 0 Å². The third-order valence-corrected chi connectivity index (χ3v) is 4.56. The molecule has 0 aromatic rings. The fourth-order valence-corrected chi connectivity index (χ4v) is 3.37. The number of nitrogens with zero attached hydrogens (tertiary/aromatic N) is 1. The van der Waals surface area contributed by atoms with Gasteiger partial charge in [0.15, 0.2) is 0 Å². The maximum atomic E-state index is 3.89. The molecule has 0 bridgehead atoms. The van der Waals surface area contributed by atoms with Crippen LogP contribution >= 0.6 is 0 Å². The third kappa shape index (κ3) is 3.46. The van der Waals surface area contributed by atoms with Crippen molar-refractivity contribution in [1.82, 2.24) is 10.2 Å². The predicted octanol–water partition coefficient (Wildman–Crippen LogP) is 2.64. The Morgan fingerprint density at radius 1 is 1.00 bits per heavy atom. The van der Waals surface area contributed by atoms with Gasteiger partial charge in [0.1, 0.15) is 0 Å². The summed E-state index contributed by atoms with van der Waals surface area (Å²) in [5.74, 6) is 0.959. The highest BCUT2D eigenvalue weighted by Crippen LogP contribution is 2.28. The summed E-state index contributed by atoms with van der Waals surface area (Å²) in [5.41, 5.74) is 0. The van der Waals surface area contributed by atoms with Gasteiger partial charge in [-0.15, -0.1) is 0 Å². The van der Waals surface area contributed by atoms with Crippen LogP contribution in [0.3, 0.4) is 0 Å². The van der Waals surface area contributed by atoms with Crippen molar-refractivity contribution < 1.29 is 0 Å². The summed E-state index contributed by atoms with van der Waals surface area (Å²) in [7, 11) is 2.25. The first-order valence-corrected chi connectivity index (χ1v) is 7.20. The average molecular weight is 224 g/mol. The standard InChI is InChI=1S/C14H28N2/c1-12(13-6-3-4-7-13)15-14-8-5-10-16(2)11-9-14/h12-15H,3-11H2,1-2H3. The van der Waals surface area contributed by atoms with Crippen LogP contribution in [0.15, 0.2) is 0 Å². The molecule has 0 aromatic heterocycles. The van der Waals surface area contributed by atoms with Crippen molar-refractivity contribution in [2.45, 2.75) is 64.0 Å². The van der Waals surface area contributed by atoms with E-state index in [1.807, 2.05) is 0 Å². The van der Waals surface area contributed by atoms with Crippen LogP contribution < -0.4 is 5.32 Å². The van der Waals surface area contributed by atoms with Gasteiger partial charge in [0.05, 0.1) is 0 Å². The van der Waals surface area contributed by atoms with E-state index in [-0.39, 0.29) is 0 Å². The van der Waals surface area contributed by atoms with Crippen LogP contribution in [-0.2, 0) is 0 Å². The summed E-state index contributed by atoms with van der Waals surface area (Å²) < 4.78 is 0. The monoisotopic (exact) mass is 224 g/mol. The van der Waals surface area contributed by atoms with E-state index in [0.29, 0.717) is 0 Å². The Balaban J connectivity index is 1.74. The summed E-state index contributed by atoms with van der Waals surface area (Å²) >= 11 is 0. The molecule has 2 atom stereocenters. The molecule has 1 N–H and O–H groups in total. The zero-order valence-corrected chi connectivity index (χ0v) is 11.0. The van der Waals surface area contributed by atoms with E-state index < -0.39 is 0 Å². The maximum absolute atomic E-state index is 3.89. The van der Waals surface area contributed by atoms with Crippen molar-refractivity contribution in [2.75, 3.05) is 20.1 Å². The lowest BCUT2D eigenvalue weighted by atomic mass is 9.97. The van der Waals surface area contributed by atoms with Crippen LogP contribution in [0.5, 0.6) is 0 Å². The summed E-state index contributed by atoms with van der Waals surface area (Å²) in [5, 5.41) is 3.89. The topological polar surface area (TPSA) is 15.3 Å². The van der Waals surface area contributed by atoms with Gasteiger partial charge < -0.3 is 10.2 Å². The summed E-state index contributed by atoms with van der Waals surface area (Å²) in [6, 6.07) is 1.52. The zero-order valence-electron chi connectivity index (χ0n) is 11.0. The molecule has 2 rings (SSSR count). The van der Waals surface area contributed by atoms with Crippen LogP contribution in [0.1, 0.15) is 51.9 Å². The number of hydrogen-bond donors (Lipinski definition) is 1. The van der Waals surface area contributed by atoms with Gasteiger partial charge in [0.25, 0.3) is 0 Å². The zero-order chi connectivity index (χ0) is 11.4. The largest absolute Gasteiger partial charge is 0.311 e. The first kappa shape index (κ1) is 12.4. The molecule has 0 aromatic carbocycles. The lowest BCUT2D eigenvalue weighted by Gasteiger charge is -2.26. The van der Waals surface area contributed by atoms with Gasteiger partial charge in [0, 0.05) is 12.1 Å². The lowest BCUT2D eigenvalue weighted by Crippen LogP contribution is -2.40. The van der Waals surface area contributed by atoms with Gasteiger partial charge in [-0.2, -0.15) is 0 Å². The summed E-state index contributed by atoms with van der Waals surface area (Å²) in [4.78, 5) is 2.47. The number of rotatable bonds is 3. The highest BCUT2D eigenvalue weighted by atomic mass is 15.1. The van der Waals surface area contributed by atoms with Gasteiger partial charge in [-0.1, -0.05) is 12.8 Å². The predicted molar refractivity (Wildman–Crippen MR) is 69.7 cm³/mol. The Morgan fingerprint density at radius 2 is 1.75 bits per heavy atom. The summed E-state index contributed by atoms with van der Waals surface area (Å²) in [6.45, 7) is 4.97. The smallest absolute Gasteiger partial charge is 0.00823 e. The second-order valence-electron chi connectivity index (χ2n) is 5.93. The molecule has 1 aliphatic heterocycles. The van der Waals surface area contributed by atoms with Gasteiger partial charge in [-0.25, -0.2) is 0 Å². The Hall–Kier alpha value is -0.0800. The molecular weight excluding hydrogens is 196 g/mol. The molecule has 1 aliphatic carbocycles. The van der Waals surface area contributed by atoms with E-state index in [1.54, 1.807) is 0 Å². The van der Waals surface area contributed by atoms with Gasteiger partial charge >= 0.3 is 0 Å². The van der Waals surface area contributed by atoms with Crippen LogP contribution in [0.25, 0.3) is 0 Å². The van der Waals surface area contributed by atoms with Crippen molar-refractivity contribution in [3.63, 3.8) is 0 Å². The molecule has 2 fully saturated rings. The number of likely N-dealkylation sites (tertiary alicyclic amines) is 1. The van der Waals surface area contributed by atoms with Gasteiger partial charge in [-0.05, 0) is 65.1 Å². The Morgan fingerprint density at radius 3 is 2.50 bits per heavy atom. The van der Waals surface area contributed by atoms with Crippen LogP contribution in [0.2, 0.25) is 0 Å². The molecule has 2 unspecified atom stereocenters. The van der Waals surface area contributed by atoms with Crippen LogP contribution in [0, 0.1) is 5.92 Å². The molecule has 94 valence electrons. The number of hydrogen-bond acceptors (Lipinski definition) is 2. The van der Waals surface area contributed by atoms with Crippen molar-refractivity contribution in [2.24, 2.45) is 5.92 Å². The van der Waals surface area contributed by atoms with Gasteiger partial charge in [-0.3, -0.25) is 0 Å². The molecule has 2 nitrogen and oxygen atoms in total. The van der Waals surface area contributed by atoms with E-state index >= 15 is 0 Å². The minimum Gasteiger partial charge on any atom is -0.311 e. The number of nitrogens with one attached hydrogen (secondary N) is 1.